The lowest BCUT2D eigenvalue weighted by atomic mass is 10.0. The van der Waals surface area contributed by atoms with Gasteiger partial charge in [0.15, 0.2) is 5.75 Å². The van der Waals surface area contributed by atoms with E-state index >= 15 is 0 Å². The van der Waals surface area contributed by atoms with Gasteiger partial charge in [0.1, 0.15) is 5.75 Å². The van der Waals surface area contributed by atoms with Crippen molar-refractivity contribution >= 4 is 28.5 Å². The van der Waals surface area contributed by atoms with Crippen LogP contribution in [0.15, 0.2) is 36.5 Å². The fraction of sp³-hybridized carbons (Fsp3) is 0.348. The molecule has 1 aromatic heterocycles. The molecular formula is C23H23ClF3NO3. The molecule has 0 spiro atoms. The number of benzene rings is 2. The number of carboxylic acids is 1. The summed E-state index contributed by atoms with van der Waals surface area (Å²) in [6, 6.07) is 6.97. The SMILES string of the molecule is CCCCCCc1c[nH]c2ccc(Oc3c(Cl)cc(CC(=O)O)cc3C(F)(F)F)cc12. The number of aromatic nitrogens is 1. The van der Waals surface area contributed by atoms with Crippen LogP contribution in [0.4, 0.5) is 13.2 Å². The smallest absolute Gasteiger partial charge is 0.420 e. The van der Waals surface area contributed by atoms with Crippen LogP contribution < -0.4 is 4.74 Å². The summed E-state index contributed by atoms with van der Waals surface area (Å²) >= 11 is 6.08. The first-order valence-corrected chi connectivity index (χ1v) is 10.5. The van der Waals surface area contributed by atoms with Gasteiger partial charge in [-0.2, -0.15) is 13.2 Å². The van der Waals surface area contributed by atoms with Gasteiger partial charge >= 0.3 is 12.1 Å². The predicted octanol–water partition coefficient (Wildman–Crippen LogP) is 7.38. The number of carbonyl (C=O) groups is 1. The van der Waals surface area contributed by atoms with Crippen LogP contribution in [0, 0.1) is 0 Å². The molecule has 0 saturated carbocycles. The van der Waals surface area contributed by atoms with Gasteiger partial charge in [-0.15, -0.1) is 0 Å². The van der Waals surface area contributed by atoms with Gasteiger partial charge in [0.05, 0.1) is 17.0 Å². The van der Waals surface area contributed by atoms with Crippen LogP contribution in [0.5, 0.6) is 11.5 Å². The van der Waals surface area contributed by atoms with E-state index in [0.29, 0.717) is 0 Å². The van der Waals surface area contributed by atoms with Crippen LogP contribution in [0.25, 0.3) is 10.9 Å². The van der Waals surface area contributed by atoms with Gasteiger partial charge in [0, 0.05) is 17.1 Å². The van der Waals surface area contributed by atoms with Gasteiger partial charge < -0.3 is 14.8 Å². The average molecular weight is 454 g/mol. The normalized spacial score (nSPS) is 11.8. The highest BCUT2D eigenvalue weighted by Crippen LogP contribution is 2.43. The maximum atomic E-state index is 13.6. The number of fused-ring (bicyclic) bond motifs is 1. The molecule has 0 aliphatic carbocycles. The zero-order valence-corrected chi connectivity index (χ0v) is 17.7. The molecule has 0 aliphatic heterocycles. The van der Waals surface area contributed by atoms with Crippen molar-refractivity contribution < 1.29 is 27.8 Å². The second-order valence-corrected chi connectivity index (χ2v) is 7.86. The number of unbranched alkanes of at least 4 members (excludes halogenated alkanes) is 3. The van der Waals surface area contributed by atoms with Crippen LogP contribution in [0.1, 0.15) is 49.3 Å². The van der Waals surface area contributed by atoms with E-state index < -0.39 is 29.9 Å². The van der Waals surface area contributed by atoms with E-state index in [9.17, 15) is 18.0 Å². The number of aryl methyl sites for hydroxylation is 1. The fourth-order valence-electron chi connectivity index (χ4n) is 3.53. The monoisotopic (exact) mass is 453 g/mol. The van der Waals surface area contributed by atoms with E-state index in [4.69, 9.17) is 21.4 Å². The highest BCUT2D eigenvalue weighted by atomic mass is 35.5. The quantitative estimate of drug-likeness (QED) is 0.332. The molecule has 8 heteroatoms. The molecule has 0 aliphatic rings. The first-order valence-electron chi connectivity index (χ1n) is 10.1. The topological polar surface area (TPSA) is 62.3 Å². The highest BCUT2D eigenvalue weighted by Gasteiger charge is 2.36. The lowest BCUT2D eigenvalue weighted by Crippen LogP contribution is -2.10. The van der Waals surface area contributed by atoms with Crippen molar-refractivity contribution in [3.05, 3.63) is 58.2 Å². The van der Waals surface area contributed by atoms with Gasteiger partial charge in [-0.05, 0) is 54.3 Å². The Hall–Kier alpha value is -2.67. The first kappa shape index (κ1) is 23.0. The molecule has 0 amide bonds. The zero-order chi connectivity index (χ0) is 22.6. The number of hydrogen-bond donors (Lipinski definition) is 2. The summed E-state index contributed by atoms with van der Waals surface area (Å²) in [5.41, 5.74) is 0.796. The number of nitrogens with one attached hydrogen (secondary N) is 1. The molecule has 3 rings (SSSR count). The van der Waals surface area contributed by atoms with Crippen molar-refractivity contribution in [1.82, 2.24) is 4.98 Å². The maximum Gasteiger partial charge on any atom is 0.420 e. The molecule has 0 fully saturated rings. The third kappa shape index (κ3) is 5.73. The molecule has 0 radical (unpaired) electrons. The number of aromatic amines is 1. The van der Waals surface area contributed by atoms with E-state index in [-0.39, 0.29) is 16.3 Å². The number of ether oxygens (including phenoxy) is 1. The Morgan fingerprint density at radius 3 is 2.61 bits per heavy atom. The van der Waals surface area contributed by atoms with Gasteiger partial charge in [-0.25, -0.2) is 0 Å². The summed E-state index contributed by atoms with van der Waals surface area (Å²) in [7, 11) is 0. The molecule has 31 heavy (non-hydrogen) atoms. The van der Waals surface area contributed by atoms with Crippen LogP contribution in [0.3, 0.4) is 0 Å². The number of carboxylic acid groups (broad SMARTS) is 1. The molecule has 0 saturated heterocycles. The first-order chi connectivity index (χ1) is 14.7. The van der Waals surface area contributed by atoms with Gasteiger partial charge in [-0.1, -0.05) is 37.8 Å². The van der Waals surface area contributed by atoms with E-state index in [1.165, 1.54) is 6.07 Å². The highest BCUT2D eigenvalue weighted by molar-refractivity contribution is 6.32. The summed E-state index contributed by atoms with van der Waals surface area (Å²) in [5.74, 6) is -1.56. The third-order valence-electron chi connectivity index (χ3n) is 5.02. The van der Waals surface area contributed by atoms with Gasteiger partial charge in [0.2, 0.25) is 0 Å². The van der Waals surface area contributed by atoms with Crippen LogP contribution in [-0.4, -0.2) is 16.1 Å². The van der Waals surface area contributed by atoms with Crippen molar-refractivity contribution in [2.45, 2.75) is 51.6 Å². The maximum absolute atomic E-state index is 13.6. The van der Waals surface area contributed by atoms with Crippen molar-refractivity contribution in [2.75, 3.05) is 0 Å². The Balaban J connectivity index is 1.93. The summed E-state index contributed by atoms with van der Waals surface area (Å²) in [4.78, 5) is 14.1. The molecular weight excluding hydrogens is 431 g/mol. The van der Waals surface area contributed by atoms with Crippen molar-refractivity contribution in [1.29, 1.82) is 0 Å². The Bertz CT molecular complexity index is 1080. The molecule has 2 aromatic carbocycles. The summed E-state index contributed by atoms with van der Waals surface area (Å²) in [5, 5.41) is 9.49. The number of aliphatic carboxylic acids is 1. The second kappa shape index (κ2) is 9.64. The van der Waals surface area contributed by atoms with Gasteiger partial charge in [0.25, 0.3) is 0 Å². The van der Waals surface area contributed by atoms with Crippen LogP contribution in [0.2, 0.25) is 5.02 Å². The number of halogens is 4. The zero-order valence-electron chi connectivity index (χ0n) is 17.0. The van der Waals surface area contributed by atoms with Crippen LogP contribution >= 0.6 is 11.6 Å². The Kier molecular flexibility index (Phi) is 7.15. The third-order valence-corrected chi connectivity index (χ3v) is 5.30. The second-order valence-electron chi connectivity index (χ2n) is 7.46. The summed E-state index contributed by atoms with van der Waals surface area (Å²) < 4.78 is 46.5. The standard InChI is InChI=1S/C23H23ClF3NO3/c1-2-3-4-5-6-15-13-28-20-8-7-16(12-17(15)20)31-22-18(23(25,26)27)9-14(10-19(22)24)11-21(29)30/h7-10,12-13,28H,2-6,11H2,1H3,(H,29,30). The lowest BCUT2D eigenvalue weighted by Gasteiger charge is -2.17. The minimum atomic E-state index is -4.75. The minimum absolute atomic E-state index is 0.0485. The minimum Gasteiger partial charge on any atom is -0.481 e. The van der Waals surface area contributed by atoms with E-state index in [0.717, 1.165) is 54.6 Å². The van der Waals surface area contributed by atoms with Crippen molar-refractivity contribution in [3.63, 3.8) is 0 Å². The predicted molar refractivity (Wildman–Crippen MR) is 114 cm³/mol. The number of rotatable bonds is 9. The number of alkyl halides is 3. The summed E-state index contributed by atoms with van der Waals surface area (Å²) in [6.45, 7) is 2.14. The largest absolute Gasteiger partial charge is 0.481 e. The summed E-state index contributed by atoms with van der Waals surface area (Å²) in [6.07, 6.45) is 1.90. The number of H-pyrrole nitrogens is 1. The van der Waals surface area contributed by atoms with Crippen molar-refractivity contribution in [3.8, 4) is 11.5 Å². The molecule has 0 unspecified atom stereocenters. The van der Waals surface area contributed by atoms with E-state index in [2.05, 4.69) is 11.9 Å². The molecule has 3 aromatic rings. The Labute approximate surface area is 183 Å². The molecule has 0 atom stereocenters. The Morgan fingerprint density at radius 1 is 1.16 bits per heavy atom. The fourth-order valence-corrected chi connectivity index (χ4v) is 3.81. The molecule has 1 heterocycles. The Morgan fingerprint density at radius 2 is 1.94 bits per heavy atom. The molecule has 2 N–H and O–H groups in total. The molecule has 4 nitrogen and oxygen atoms in total. The van der Waals surface area contributed by atoms with Crippen molar-refractivity contribution in [2.24, 2.45) is 0 Å². The van der Waals surface area contributed by atoms with Crippen LogP contribution in [-0.2, 0) is 23.8 Å². The van der Waals surface area contributed by atoms with E-state index in [1.807, 2.05) is 6.20 Å². The number of hydrogen-bond acceptors (Lipinski definition) is 2. The lowest BCUT2D eigenvalue weighted by molar-refractivity contribution is -0.139. The average Bonchev–Trinajstić information content (AvgIpc) is 3.08. The van der Waals surface area contributed by atoms with E-state index in [1.54, 1.807) is 18.2 Å². The van der Waals surface area contributed by atoms with Gasteiger partial charge in [-0.3, -0.25) is 4.79 Å². The molecule has 166 valence electrons. The molecule has 0 bridgehead atoms.